The SMILES string of the molecule is COC(O)N[C@H](C(=O)N1C[C@H](COc2cncc(-c3ccsc3)c2)C[C@H]1C(=O)O)C(C)(C)C. The van der Waals surface area contributed by atoms with Crippen LogP contribution in [0.5, 0.6) is 5.75 Å². The number of hydrogen-bond acceptors (Lipinski definition) is 8. The number of thiophene rings is 1. The number of aliphatic hydroxyl groups excluding tert-OH is 1. The van der Waals surface area contributed by atoms with Gasteiger partial charge in [-0.1, -0.05) is 20.8 Å². The number of rotatable bonds is 9. The van der Waals surface area contributed by atoms with Crippen LogP contribution in [0, 0.1) is 11.3 Å². The Bertz CT molecular complexity index is 946. The number of likely N-dealkylation sites (tertiary alicyclic amines) is 1. The molecule has 33 heavy (non-hydrogen) atoms. The lowest BCUT2D eigenvalue weighted by atomic mass is 9.85. The number of methoxy groups -OCH3 is 1. The predicted molar refractivity (Wildman–Crippen MR) is 124 cm³/mol. The molecule has 1 fully saturated rings. The van der Waals surface area contributed by atoms with Crippen LogP contribution in [0.1, 0.15) is 27.2 Å². The Kier molecular flexibility index (Phi) is 8.06. The molecule has 1 amide bonds. The first-order valence-electron chi connectivity index (χ1n) is 10.7. The van der Waals surface area contributed by atoms with Gasteiger partial charge in [0.2, 0.25) is 12.3 Å². The van der Waals surface area contributed by atoms with Crippen molar-refractivity contribution in [1.82, 2.24) is 15.2 Å². The van der Waals surface area contributed by atoms with Crippen LogP contribution in [-0.4, -0.2) is 70.7 Å². The molecule has 3 rings (SSSR count). The number of carboxylic acid groups (broad SMARTS) is 1. The maximum atomic E-state index is 13.3. The van der Waals surface area contributed by atoms with Crippen molar-refractivity contribution >= 4 is 23.2 Å². The third-order valence-corrected chi connectivity index (χ3v) is 6.34. The van der Waals surface area contributed by atoms with Gasteiger partial charge in [0, 0.05) is 31.3 Å². The summed E-state index contributed by atoms with van der Waals surface area (Å²) in [5.74, 6) is -1.03. The zero-order valence-electron chi connectivity index (χ0n) is 19.2. The number of aliphatic carboxylic acids is 1. The third kappa shape index (κ3) is 6.29. The van der Waals surface area contributed by atoms with Crippen LogP contribution < -0.4 is 10.1 Å². The molecule has 2 aromatic rings. The fourth-order valence-corrected chi connectivity index (χ4v) is 4.55. The molecule has 0 spiro atoms. The van der Waals surface area contributed by atoms with Gasteiger partial charge in [0.25, 0.3) is 0 Å². The van der Waals surface area contributed by atoms with E-state index in [1.807, 2.05) is 43.7 Å². The number of amides is 1. The molecule has 1 saturated heterocycles. The van der Waals surface area contributed by atoms with Crippen molar-refractivity contribution in [3.63, 3.8) is 0 Å². The van der Waals surface area contributed by atoms with Crippen molar-refractivity contribution in [2.75, 3.05) is 20.3 Å². The van der Waals surface area contributed by atoms with Gasteiger partial charge in [0.05, 0.1) is 18.8 Å². The van der Waals surface area contributed by atoms with Gasteiger partial charge >= 0.3 is 5.97 Å². The normalized spacial score (nSPS) is 20.5. The largest absolute Gasteiger partial charge is 0.492 e. The summed E-state index contributed by atoms with van der Waals surface area (Å²) in [5.41, 5.74) is 1.42. The Labute approximate surface area is 197 Å². The molecule has 4 atom stereocenters. The van der Waals surface area contributed by atoms with Crippen LogP contribution in [0.15, 0.2) is 35.3 Å². The van der Waals surface area contributed by atoms with Gasteiger partial charge in [0.1, 0.15) is 11.8 Å². The highest BCUT2D eigenvalue weighted by atomic mass is 32.1. The van der Waals surface area contributed by atoms with E-state index in [1.165, 1.54) is 12.0 Å². The molecule has 9 nitrogen and oxygen atoms in total. The van der Waals surface area contributed by atoms with Gasteiger partial charge < -0.3 is 24.6 Å². The number of aromatic nitrogens is 1. The van der Waals surface area contributed by atoms with Crippen LogP contribution in [0.2, 0.25) is 0 Å². The van der Waals surface area contributed by atoms with E-state index >= 15 is 0 Å². The molecule has 1 aliphatic heterocycles. The number of aliphatic hydroxyl groups is 1. The molecule has 10 heteroatoms. The maximum absolute atomic E-state index is 13.3. The number of ether oxygens (including phenoxy) is 2. The van der Waals surface area contributed by atoms with Crippen molar-refractivity contribution < 1.29 is 29.3 Å². The summed E-state index contributed by atoms with van der Waals surface area (Å²) in [5, 5.41) is 26.4. The smallest absolute Gasteiger partial charge is 0.326 e. The number of hydrogen-bond donors (Lipinski definition) is 3. The van der Waals surface area contributed by atoms with E-state index in [0.717, 1.165) is 11.1 Å². The molecular formula is C23H31N3O6S. The summed E-state index contributed by atoms with van der Waals surface area (Å²) >= 11 is 1.60. The van der Waals surface area contributed by atoms with Gasteiger partial charge in [-0.2, -0.15) is 11.3 Å². The number of carbonyl (C=O) groups excluding carboxylic acids is 1. The van der Waals surface area contributed by atoms with Crippen LogP contribution in [0.3, 0.4) is 0 Å². The number of pyridine rings is 1. The fourth-order valence-electron chi connectivity index (χ4n) is 3.89. The lowest BCUT2D eigenvalue weighted by molar-refractivity contribution is -0.154. The quantitative estimate of drug-likeness (QED) is 0.471. The van der Waals surface area contributed by atoms with Crippen LogP contribution in [-0.2, 0) is 14.3 Å². The van der Waals surface area contributed by atoms with E-state index in [9.17, 15) is 19.8 Å². The summed E-state index contributed by atoms with van der Waals surface area (Å²) in [7, 11) is 1.31. The summed E-state index contributed by atoms with van der Waals surface area (Å²) in [6.45, 7) is 6.02. The lowest BCUT2D eigenvalue weighted by Gasteiger charge is -2.36. The molecule has 2 aromatic heterocycles. The maximum Gasteiger partial charge on any atom is 0.326 e. The minimum atomic E-state index is -1.34. The van der Waals surface area contributed by atoms with E-state index in [2.05, 4.69) is 10.3 Å². The number of carbonyl (C=O) groups is 2. The topological polar surface area (TPSA) is 121 Å². The van der Waals surface area contributed by atoms with Crippen LogP contribution in [0.4, 0.5) is 0 Å². The van der Waals surface area contributed by atoms with E-state index in [0.29, 0.717) is 5.75 Å². The molecular weight excluding hydrogens is 446 g/mol. The van der Waals surface area contributed by atoms with Crippen molar-refractivity contribution in [3.05, 3.63) is 35.3 Å². The van der Waals surface area contributed by atoms with Gasteiger partial charge in [-0.05, 0) is 40.3 Å². The van der Waals surface area contributed by atoms with Gasteiger partial charge in [-0.3, -0.25) is 15.1 Å². The molecule has 3 N–H and O–H groups in total. The van der Waals surface area contributed by atoms with Crippen LogP contribution in [0.25, 0.3) is 11.1 Å². The third-order valence-electron chi connectivity index (χ3n) is 5.65. The minimum absolute atomic E-state index is 0.159. The lowest BCUT2D eigenvalue weighted by Crippen LogP contribution is -2.58. The van der Waals surface area contributed by atoms with E-state index in [1.54, 1.807) is 23.7 Å². The highest BCUT2D eigenvalue weighted by Gasteiger charge is 2.45. The predicted octanol–water partition coefficient (Wildman–Crippen LogP) is 2.42. The Morgan fingerprint density at radius 1 is 1.33 bits per heavy atom. The molecule has 0 aliphatic carbocycles. The Morgan fingerprint density at radius 3 is 2.70 bits per heavy atom. The van der Waals surface area contributed by atoms with Crippen molar-refractivity contribution in [2.45, 2.75) is 45.7 Å². The van der Waals surface area contributed by atoms with Crippen molar-refractivity contribution in [1.29, 1.82) is 0 Å². The summed E-state index contributed by atoms with van der Waals surface area (Å²) in [6.07, 6.45) is 2.32. The van der Waals surface area contributed by atoms with Gasteiger partial charge in [-0.25, -0.2) is 4.79 Å². The Balaban J connectivity index is 1.69. The van der Waals surface area contributed by atoms with E-state index in [-0.39, 0.29) is 25.5 Å². The molecule has 1 unspecified atom stereocenters. The first-order valence-corrected chi connectivity index (χ1v) is 11.6. The van der Waals surface area contributed by atoms with E-state index in [4.69, 9.17) is 9.47 Å². The van der Waals surface area contributed by atoms with Gasteiger partial charge in [-0.15, -0.1) is 0 Å². The second kappa shape index (κ2) is 10.6. The zero-order valence-corrected chi connectivity index (χ0v) is 20.0. The number of nitrogens with one attached hydrogen (secondary N) is 1. The molecule has 0 saturated carbocycles. The average molecular weight is 478 g/mol. The fraction of sp³-hybridized carbons (Fsp3) is 0.522. The summed E-state index contributed by atoms with van der Waals surface area (Å²) in [4.78, 5) is 30.9. The monoisotopic (exact) mass is 477 g/mol. The second-order valence-corrected chi connectivity index (χ2v) is 10.0. The van der Waals surface area contributed by atoms with Crippen LogP contribution >= 0.6 is 11.3 Å². The highest BCUT2D eigenvalue weighted by Crippen LogP contribution is 2.30. The number of nitrogens with zero attached hydrogens (tertiary/aromatic N) is 2. The molecule has 0 bridgehead atoms. The van der Waals surface area contributed by atoms with Gasteiger partial charge in [0.15, 0.2) is 0 Å². The van der Waals surface area contributed by atoms with Crippen molar-refractivity contribution in [2.24, 2.45) is 11.3 Å². The Morgan fingerprint density at radius 2 is 2.09 bits per heavy atom. The Hall–Kier alpha value is -2.53. The first kappa shape index (κ1) is 25.1. The molecule has 0 radical (unpaired) electrons. The van der Waals surface area contributed by atoms with E-state index < -0.39 is 35.8 Å². The zero-order chi connectivity index (χ0) is 24.2. The molecule has 180 valence electrons. The first-order chi connectivity index (χ1) is 15.6. The summed E-state index contributed by atoms with van der Waals surface area (Å²) in [6, 6.07) is 2.10. The summed E-state index contributed by atoms with van der Waals surface area (Å²) < 4.78 is 10.8. The minimum Gasteiger partial charge on any atom is -0.492 e. The molecule has 1 aliphatic rings. The average Bonchev–Trinajstić information content (AvgIpc) is 3.45. The number of carboxylic acids is 1. The highest BCUT2D eigenvalue weighted by molar-refractivity contribution is 7.08. The second-order valence-electron chi connectivity index (χ2n) is 9.23. The standard InChI is InChI=1S/C23H31N3O6S/c1-23(2,3)19(25-22(30)31-4)20(27)26-11-14(7-18(26)21(28)29)12-32-17-8-16(9-24-10-17)15-5-6-33-13-15/h5-6,8-10,13-14,18-19,22,25,30H,7,11-12H2,1-4H3,(H,28,29)/t14-,18+,19-,22?/m1/s1. The molecule has 0 aromatic carbocycles. The van der Waals surface area contributed by atoms with Crippen molar-refractivity contribution in [3.8, 4) is 16.9 Å². The molecule has 3 heterocycles.